The van der Waals surface area contributed by atoms with Crippen LogP contribution in [0.25, 0.3) is 0 Å². The number of rotatable bonds is 19. The minimum atomic E-state index is -1.34. The van der Waals surface area contributed by atoms with Gasteiger partial charge in [-0.15, -0.1) is 0 Å². The first-order valence-electron chi connectivity index (χ1n) is 35.9. The Morgan fingerprint density at radius 2 is 1.19 bits per heavy atom. The molecule has 34 unspecified atom stereocenters. The van der Waals surface area contributed by atoms with Crippen molar-refractivity contribution < 1.29 is 124 Å². The van der Waals surface area contributed by atoms with Gasteiger partial charge in [-0.2, -0.15) is 4.89 Å². The number of Topliss-reactive ketones (excluding diaryl/α,β-unsaturated/α-hetero) is 1. The van der Waals surface area contributed by atoms with Crippen molar-refractivity contribution in [3.8, 4) is 0 Å². The lowest BCUT2D eigenvalue weighted by Crippen LogP contribution is -2.60. The van der Waals surface area contributed by atoms with Crippen LogP contribution < -0.4 is 0 Å². The Kier molecular flexibility index (Phi) is 23.2. The molecule has 0 aromatic rings. The molecule has 34 atom stereocenters. The smallest absolute Gasteiger partial charge is 0.303 e. The van der Waals surface area contributed by atoms with Gasteiger partial charge in [0.05, 0.1) is 98.2 Å². The zero-order valence-electron chi connectivity index (χ0n) is 59.8. The maximum Gasteiger partial charge on any atom is 0.303 e. The molecule has 0 amide bonds. The Bertz CT molecular complexity index is 2730. The zero-order chi connectivity index (χ0) is 69.2. The SMILES string of the molecule is COC1=CC(C)OC(OC2CCC3(C)C(=CCC4C3CCC3(C)C4CCC3(O)C(C)OC3CC4OCC5(CC(OC)C(OC6CC(OC)C(OC7CC(O)C(OC8CC(OC)C(OC9CC(OC)C(OC(C)=O)C(C)O9)C(C)O8)C(C)O7)C(C)O6)C(C)O5)OOC4C(C)O3)C2)C1=O. The van der Waals surface area contributed by atoms with Crippen LogP contribution in [0.5, 0.6) is 0 Å². The lowest BCUT2D eigenvalue weighted by molar-refractivity contribution is -0.472. The lowest BCUT2D eigenvalue weighted by atomic mass is 9.46. The molecule has 4 aliphatic carbocycles. The van der Waals surface area contributed by atoms with Gasteiger partial charge in [-0.1, -0.05) is 25.5 Å². The molecule has 0 radical (unpaired) electrons. The summed E-state index contributed by atoms with van der Waals surface area (Å²) < 4.78 is 125. The van der Waals surface area contributed by atoms with Crippen LogP contribution in [0.15, 0.2) is 23.5 Å². The molecule has 1 spiro atoms. The number of ketones is 1. The molecule has 0 aromatic heterocycles. The summed E-state index contributed by atoms with van der Waals surface area (Å²) in [5.74, 6) is -0.508. The Labute approximate surface area is 571 Å². The molecule has 0 bridgehead atoms. The van der Waals surface area contributed by atoms with Gasteiger partial charge in [0.1, 0.15) is 43.2 Å². The van der Waals surface area contributed by atoms with Crippen LogP contribution in [0.4, 0.5) is 0 Å². The van der Waals surface area contributed by atoms with E-state index in [0.717, 1.165) is 44.9 Å². The van der Waals surface area contributed by atoms with Gasteiger partial charge in [0, 0.05) is 79.3 Å². The van der Waals surface area contributed by atoms with E-state index in [0.29, 0.717) is 55.6 Å². The highest BCUT2D eigenvalue weighted by molar-refractivity contribution is 5.96. The van der Waals surface area contributed by atoms with Crippen LogP contribution >= 0.6 is 0 Å². The summed E-state index contributed by atoms with van der Waals surface area (Å²) >= 11 is 0. The highest BCUT2D eigenvalue weighted by atomic mass is 17.2. The maximum atomic E-state index is 13.1. The molecule has 26 nitrogen and oxygen atoms in total. The summed E-state index contributed by atoms with van der Waals surface area (Å²) in [6.07, 6.45) is -2.89. The van der Waals surface area contributed by atoms with Crippen LogP contribution in [-0.4, -0.2) is 241 Å². The summed E-state index contributed by atoms with van der Waals surface area (Å²) in [5, 5.41) is 24.7. The van der Waals surface area contributed by atoms with Crippen molar-refractivity contribution in [2.75, 3.05) is 42.2 Å². The van der Waals surface area contributed by atoms with Gasteiger partial charge in [-0.05, 0) is 136 Å². The molecule has 3 saturated carbocycles. The molecule has 10 fully saturated rings. The minimum Gasteiger partial charge on any atom is -0.493 e. The van der Waals surface area contributed by atoms with Gasteiger partial charge >= 0.3 is 5.97 Å². The molecular formula is C71H112O26. The highest BCUT2D eigenvalue weighted by Crippen LogP contribution is 2.68. The van der Waals surface area contributed by atoms with Crippen LogP contribution in [-0.2, 0) is 114 Å². The number of methoxy groups -OCH3 is 5. The monoisotopic (exact) mass is 1380 g/mol. The van der Waals surface area contributed by atoms with E-state index in [1.54, 1.807) is 34.5 Å². The first-order valence-corrected chi connectivity index (χ1v) is 35.9. The van der Waals surface area contributed by atoms with Crippen molar-refractivity contribution in [3.63, 3.8) is 0 Å². The lowest BCUT2D eigenvalue weighted by Gasteiger charge is -2.59. The third kappa shape index (κ3) is 14.9. The summed E-state index contributed by atoms with van der Waals surface area (Å²) in [7, 11) is 7.91. The van der Waals surface area contributed by atoms with Crippen molar-refractivity contribution in [1.29, 1.82) is 0 Å². The number of fused-ring (bicyclic) bond motifs is 6. The number of allylic oxidation sites excluding steroid dienone is 1. The fourth-order valence-corrected chi connectivity index (χ4v) is 19.2. The summed E-state index contributed by atoms with van der Waals surface area (Å²) in [6, 6.07) is 0. The normalized spacial score (nSPS) is 50.6. The molecule has 8 aliphatic heterocycles. The second-order valence-electron chi connectivity index (χ2n) is 30.3. The average Bonchev–Trinajstić information content (AvgIpc) is 1.61. The molecule has 7 saturated heterocycles. The van der Waals surface area contributed by atoms with Gasteiger partial charge in [0.2, 0.25) is 12.1 Å². The van der Waals surface area contributed by atoms with E-state index in [4.69, 9.17) is 105 Å². The third-order valence-corrected chi connectivity index (χ3v) is 24.5. The minimum absolute atomic E-state index is 0.0156. The Morgan fingerprint density at radius 3 is 1.78 bits per heavy atom. The van der Waals surface area contributed by atoms with E-state index >= 15 is 0 Å². The Hall–Kier alpha value is -2.46. The van der Waals surface area contributed by atoms with Crippen LogP contribution in [0.3, 0.4) is 0 Å². The van der Waals surface area contributed by atoms with Crippen LogP contribution in [0.1, 0.15) is 166 Å². The molecule has 8 heterocycles. The van der Waals surface area contributed by atoms with E-state index in [2.05, 4.69) is 19.9 Å². The van der Waals surface area contributed by atoms with E-state index in [-0.39, 0.29) is 48.3 Å². The van der Waals surface area contributed by atoms with E-state index in [1.165, 1.54) is 19.6 Å². The second kappa shape index (κ2) is 30.3. The zero-order valence-corrected chi connectivity index (χ0v) is 59.8. The first-order chi connectivity index (χ1) is 46.2. The molecular weight excluding hydrogens is 1270 g/mol. The fraction of sp³-hybridized carbons (Fsp3) is 0.915. The largest absolute Gasteiger partial charge is 0.493 e. The highest BCUT2D eigenvalue weighted by Gasteiger charge is 2.66. The number of carbonyl (C=O) groups excluding carboxylic acids is 2. The third-order valence-electron chi connectivity index (χ3n) is 24.5. The van der Waals surface area contributed by atoms with Crippen molar-refractivity contribution >= 4 is 11.8 Å². The average molecular weight is 1380 g/mol. The van der Waals surface area contributed by atoms with Crippen molar-refractivity contribution in [2.45, 2.75) is 343 Å². The van der Waals surface area contributed by atoms with E-state index < -0.39 is 171 Å². The van der Waals surface area contributed by atoms with Crippen molar-refractivity contribution in [2.24, 2.45) is 28.6 Å². The fourth-order valence-electron chi connectivity index (χ4n) is 19.2. The number of hydrogen-bond acceptors (Lipinski definition) is 26. The molecule has 12 aliphatic rings. The molecule has 0 aromatic carbocycles. The number of hydrogen-bond donors (Lipinski definition) is 2. The number of aliphatic hydroxyl groups excluding tert-OH is 1. The Morgan fingerprint density at radius 1 is 0.629 bits per heavy atom. The van der Waals surface area contributed by atoms with Gasteiger partial charge in [0.15, 0.2) is 43.3 Å². The Balaban J connectivity index is 0.597. The topological polar surface area (TPSA) is 278 Å². The van der Waals surface area contributed by atoms with Crippen LogP contribution in [0.2, 0.25) is 0 Å². The maximum absolute atomic E-state index is 13.1. The number of ether oxygens (including phenoxy) is 20. The van der Waals surface area contributed by atoms with Gasteiger partial charge < -0.3 is 105 Å². The molecule has 97 heavy (non-hydrogen) atoms. The van der Waals surface area contributed by atoms with E-state index in [1.807, 2.05) is 55.4 Å². The summed E-state index contributed by atoms with van der Waals surface area (Å²) in [4.78, 5) is 37.4. The summed E-state index contributed by atoms with van der Waals surface area (Å²) in [6.45, 7) is 21.2. The van der Waals surface area contributed by atoms with Gasteiger partial charge in [0.25, 0.3) is 5.78 Å². The van der Waals surface area contributed by atoms with Gasteiger partial charge in [-0.3, -0.25) is 9.59 Å². The second-order valence-corrected chi connectivity index (χ2v) is 30.3. The van der Waals surface area contributed by atoms with E-state index in [9.17, 15) is 19.8 Å². The molecule has 26 heteroatoms. The predicted octanol–water partition coefficient (Wildman–Crippen LogP) is 7.10. The van der Waals surface area contributed by atoms with Crippen LogP contribution in [0, 0.1) is 28.6 Å². The molecule has 2 N–H and O–H groups in total. The molecule has 552 valence electrons. The van der Waals surface area contributed by atoms with Gasteiger partial charge in [-0.25, -0.2) is 4.89 Å². The summed E-state index contributed by atoms with van der Waals surface area (Å²) in [5.41, 5.74) is -0.0108. The first kappa shape index (κ1) is 74.3. The molecule has 12 rings (SSSR count). The predicted molar refractivity (Wildman–Crippen MR) is 339 cm³/mol. The quantitative estimate of drug-likeness (QED) is 0.0741. The standard InChI is InChI=1S/C71H112O26/c1-34-25-49(76-12)60(74)67(82-34)90-44-19-22-68(10)43(26-44)17-18-45-46(68)20-23-69(11)47(45)21-24-71(69,75)41(8)88-56-31-53-66(39(6)87-56)96-97-70(33-81-53)32-54(80-16)65(40(7)95-70)94-59-30-52(79-15)63(37(4)86-59)92-55-27-48(73)61(35(2)83-55)91-57-29-51(78-14)64(38(5)85-57)93-58-28-50(77-13)62(36(3)84-58)89-42(9)72/h17,25,34-41,44-48,50-59,61-67,73,75H,18-24,26-33H2,1-16H3. The van der Waals surface area contributed by atoms with Crippen molar-refractivity contribution in [3.05, 3.63) is 23.5 Å². The number of carbonyl (C=O) groups is 2. The number of esters is 1. The van der Waals surface area contributed by atoms with Crippen molar-refractivity contribution in [1.82, 2.24) is 0 Å². The number of aliphatic hydroxyl groups is 2.